The monoisotopic (exact) mass is 617 g/mol. The van der Waals surface area contributed by atoms with Gasteiger partial charge in [-0.25, -0.2) is 4.39 Å². The van der Waals surface area contributed by atoms with Crippen molar-refractivity contribution in [3.63, 3.8) is 0 Å². The lowest BCUT2D eigenvalue weighted by molar-refractivity contribution is -0.272. The fraction of sp³-hybridized carbons (Fsp3) is 0.464. The van der Waals surface area contributed by atoms with Gasteiger partial charge in [0.25, 0.3) is 5.91 Å². The molecule has 2 heterocycles. The third-order valence-corrected chi connectivity index (χ3v) is 9.28. The van der Waals surface area contributed by atoms with Crippen molar-refractivity contribution in [1.82, 2.24) is 4.57 Å². The molecule has 1 aromatic heterocycles. The van der Waals surface area contributed by atoms with E-state index in [4.69, 9.17) is 15.2 Å². The minimum atomic E-state index is -4.90. The number of alkyl halides is 3. The SMILES string of the molecule is COc1c(C2C(C(=O)Nc3ccc4c(O)n(C56CC(N)(C5)C6)c(O)c4c3)OC(C)(C(F)(F)F)C2C)ccc(F)c1F.Cl. The topological polar surface area (TPSA) is 119 Å². The summed E-state index contributed by atoms with van der Waals surface area (Å²) in [6.45, 7) is 2.02. The van der Waals surface area contributed by atoms with E-state index < -0.39 is 58.5 Å². The number of aromatic hydroxyl groups is 2. The predicted octanol–water partition coefficient (Wildman–Crippen LogP) is 5.43. The van der Waals surface area contributed by atoms with Crippen LogP contribution >= 0.6 is 12.4 Å². The minimum Gasteiger partial charge on any atom is -0.494 e. The number of nitrogens with zero attached hydrogens (tertiary/aromatic N) is 1. The normalized spacial score (nSPS) is 31.7. The third-order valence-electron chi connectivity index (χ3n) is 9.28. The largest absolute Gasteiger partial charge is 0.494 e. The van der Waals surface area contributed by atoms with E-state index >= 15 is 0 Å². The Bertz CT molecular complexity index is 1590. The van der Waals surface area contributed by atoms with Gasteiger partial charge in [-0.05, 0) is 50.5 Å². The Balaban J connectivity index is 0.00000353. The number of halogens is 6. The number of ether oxygens (including phenoxy) is 2. The molecule has 3 aliphatic carbocycles. The molecular formula is C28H29ClF5N3O5. The van der Waals surface area contributed by atoms with Gasteiger partial charge in [0, 0.05) is 39.4 Å². The van der Waals surface area contributed by atoms with E-state index in [0.717, 1.165) is 26.2 Å². The summed E-state index contributed by atoms with van der Waals surface area (Å²) in [5.74, 6) is -7.42. The Morgan fingerprint density at radius 1 is 1.12 bits per heavy atom. The summed E-state index contributed by atoms with van der Waals surface area (Å²) >= 11 is 0. The molecule has 1 saturated heterocycles. The van der Waals surface area contributed by atoms with Gasteiger partial charge in [0.1, 0.15) is 6.10 Å². The average Bonchev–Trinajstić information content (AvgIpc) is 3.28. The van der Waals surface area contributed by atoms with Crippen molar-refractivity contribution in [2.45, 2.75) is 68.0 Å². The molecule has 4 atom stereocenters. The van der Waals surface area contributed by atoms with Crippen LogP contribution in [0.3, 0.4) is 0 Å². The number of carbonyl (C=O) groups is 1. The molecule has 228 valence electrons. The number of benzene rings is 2. The second kappa shape index (κ2) is 9.35. The first-order chi connectivity index (χ1) is 19.1. The summed E-state index contributed by atoms with van der Waals surface area (Å²) in [5, 5.41) is 24.8. The molecule has 0 spiro atoms. The predicted molar refractivity (Wildman–Crippen MR) is 144 cm³/mol. The zero-order chi connectivity index (χ0) is 29.9. The number of nitrogens with two attached hydrogens (primary N) is 1. The van der Waals surface area contributed by atoms with Crippen molar-refractivity contribution in [3.8, 4) is 17.5 Å². The van der Waals surface area contributed by atoms with Crippen LogP contribution in [0.15, 0.2) is 30.3 Å². The first-order valence-corrected chi connectivity index (χ1v) is 13.0. The van der Waals surface area contributed by atoms with Crippen LogP contribution in [0.4, 0.5) is 27.6 Å². The van der Waals surface area contributed by atoms with Gasteiger partial charge in [0.05, 0.1) is 12.6 Å². The van der Waals surface area contributed by atoms with E-state index in [2.05, 4.69) is 5.32 Å². The molecule has 4 aliphatic rings. The van der Waals surface area contributed by atoms with Gasteiger partial charge in [-0.15, -0.1) is 12.4 Å². The fourth-order valence-electron chi connectivity index (χ4n) is 7.09. The van der Waals surface area contributed by atoms with Gasteiger partial charge >= 0.3 is 6.18 Å². The molecule has 1 aliphatic heterocycles. The first kappa shape index (κ1) is 30.2. The summed E-state index contributed by atoms with van der Waals surface area (Å²) < 4.78 is 83.0. The molecule has 8 nitrogen and oxygen atoms in total. The average molecular weight is 618 g/mol. The molecule has 0 radical (unpaired) electrons. The molecule has 4 unspecified atom stereocenters. The number of amides is 1. The standard InChI is InChI=1S/C28H28F5N3O5.ClH/c1-12-18(15-6-7-17(29)19(30)20(15)40-3)21(41-25(12,2)28(31,32)33)22(37)35-13-4-5-14-16(8-13)24(39)36(23(14)38)27-9-26(34,10-27)11-27;/h4-8,12,18,21,38-39H,9-11,34H2,1-3H3,(H,35,37);1H. The van der Waals surface area contributed by atoms with Crippen LogP contribution < -0.4 is 15.8 Å². The Kier molecular flexibility index (Phi) is 6.72. The lowest BCUT2D eigenvalue weighted by Crippen LogP contribution is -2.76. The highest BCUT2D eigenvalue weighted by molar-refractivity contribution is 6.00. The second-order valence-electron chi connectivity index (χ2n) is 11.8. The number of nitrogens with one attached hydrogen (secondary N) is 1. The van der Waals surface area contributed by atoms with Crippen LogP contribution in [0.5, 0.6) is 17.5 Å². The summed E-state index contributed by atoms with van der Waals surface area (Å²) in [4.78, 5) is 13.5. The molecule has 7 rings (SSSR count). The molecule has 2 bridgehead atoms. The zero-order valence-electron chi connectivity index (χ0n) is 22.7. The number of hydrogen-bond acceptors (Lipinski definition) is 6. The Morgan fingerprint density at radius 3 is 2.31 bits per heavy atom. The van der Waals surface area contributed by atoms with Crippen LogP contribution in [0.25, 0.3) is 10.8 Å². The highest BCUT2D eigenvalue weighted by Crippen LogP contribution is 2.66. The summed E-state index contributed by atoms with van der Waals surface area (Å²) in [6.07, 6.45) is -4.90. The second-order valence-corrected chi connectivity index (χ2v) is 11.8. The van der Waals surface area contributed by atoms with Gasteiger partial charge in [0.15, 0.2) is 17.2 Å². The molecule has 4 fully saturated rings. The lowest BCUT2D eigenvalue weighted by Gasteiger charge is -2.69. The number of hydrogen-bond donors (Lipinski definition) is 4. The molecule has 3 aromatic rings. The molecule has 42 heavy (non-hydrogen) atoms. The number of rotatable bonds is 5. The van der Waals surface area contributed by atoms with Crippen LogP contribution in [0, 0.1) is 17.6 Å². The van der Waals surface area contributed by atoms with E-state index in [1.807, 2.05) is 0 Å². The number of carbonyl (C=O) groups excluding carboxylic acids is 1. The smallest absolute Gasteiger partial charge is 0.417 e. The van der Waals surface area contributed by atoms with Gasteiger partial charge in [0.2, 0.25) is 17.6 Å². The molecule has 3 saturated carbocycles. The Morgan fingerprint density at radius 2 is 1.74 bits per heavy atom. The van der Waals surface area contributed by atoms with Crippen molar-refractivity contribution in [2.24, 2.45) is 11.7 Å². The summed E-state index contributed by atoms with van der Waals surface area (Å²) in [7, 11) is 1.05. The highest BCUT2D eigenvalue weighted by Gasteiger charge is 2.68. The van der Waals surface area contributed by atoms with Crippen LogP contribution in [0.2, 0.25) is 0 Å². The fourth-order valence-corrected chi connectivity index (χ4v) is 7.09. The van der Waals surface area contributed by atoms with Gasteiger partial charge in [-0.1, -0.05) is 13.0 Å². The number of fused-ring (bicyclic) bond motifs is 1. The van der Waals surface area contributed by atoms with Crippen molar-refractivity contribution in [3.05, 3.63) is 47.5 Å². The number of anilines is 1. The van der Waals surface area contributed by atoms with Crippen molar-refractivity contribution < 1.29 is 46.4 Å². The van der Waals surface area contributed by atoms with Crippen molar-refractivity contribution in [2.75, 3.05) is 12.4 Å². The lowest BCUT2D eigenvalue weighted by atomic mass is 9.44. The maximum atomic E-state index is 14.6. The maximum Gasteiger partial charge on any atom is 0.417 e. The molecule has 5 N–H and O–H groups in total. The quantitative estimate of drug-likeness (QED) is 0.284. The van der Waals surface area contributed by atoms with Gasteiger partial charge in [-0.3, -0.25) is 9.36 Å². The van der Waals surface area contributed by atoms with E-state index in [9.17, 15) is 37.0 Å². The number of methoxy groups -OCH3 is 1. The van der Waals surface area contributed by atoms with E-state index in [0.29, 0.717) is 24.6 Å². The summed E-state index contributed by atoms with van der Waals surface area (Å²) in [5.41, 5.74) is 2.49. The van der Waals surface area contributed by atoms with Crippen LogP contribution in [-0.4, -0.2) is 51.2 Å². The van der Waals surface area contributed by atoms with Crippen molar-refractivity contribution >= 4 is 34.8 Å². The van der Waals surface area contributed by atoms with Gasteiger partial charge in [-0.2, -0.15) is 17.6 Å². The molecule has 1 amide bonds. The first-order valence-electron chi connectivity index (χ1n) is 13.0. The van der Waals surface area contributed by atoms with E-state index in [1.54, 1.807) is 0 Å². The van der Waals surface area contributed by atoms with Crippen LogP contribution in [0.1, 0.15) is 44.6 Å². The Labute approximate surface area is 243 Å². The van der Waals surface area contributed by atoms with E-state index in [1.165, 1.54) is 29.7 Å². The maximum absolute atomic E-state index is 14.6. The zero-order valence-corrected chi connectivity index (χ0v) is 23.5. The molecular weight excluding hydrogens is 589 g/mol. The minimum absolute atomic E-state index is 0. The third kappa shape index (κ3) is 3.96. The van der Waals surface area contributed by atoms with E-state index in [-0.39, 0.29) is 46.3 Å². The molecule has 14 heteroatoms. The summed E-state index contributed by atoms with van der Waals surface area (Å²) in [6, 6.07) is 6.11. The Hall–Kier alpha value is -3.29. The van der Waals surface area contributed by atoms with Crippen LogP contribution in [-0.2, 0) is 15.1 Å². The highest BCUT2D eigenvalue weighted by atomic mass is 35.5. The van der Waals surface area contributed by atoms with Gasteiger partial charge < -0.3 is 30.7 Å². The molecule has 2 aromatic carbocycles. The number of aromatic nitrogens is 1. The van der Waals surface area contributed by atoms with Crippen molar-refractivity contribution in [1.29, 1.82) is 0 Å².